The molecule has 3 aromatic rings. The van der Waals surface area contributed by atoms with Crippen LogP contribution in [0.2, 0.25) is 0 Å². The molecule has 1 atom stereocenters. The Kier molecular flexibility index (Phi) is 4.93. The molecule has 1 aliphatic rings. The fraction of sp³-hybridized carbons (Fsp3) is 0.227. The van der Waals surface area contributed by atoms with Gasteiger partial charge in [-0.3, -0.25) is 9.59 Å². The monoisotopic (exact) mass is 374 g/mol. The van der Waals surface area contributed by atoms with Crippen LogP contribution in [0.5, 0.6) is 0 Å². The molecule has 0 bridgehead atoms. The Morgan fingerprint density at radius 2 is 1.89 bits per heavy atom. The zero-order valence-corrected chi connectivity index (χ0v) is 15.7. The topological polar surface area (TPSA) is 69.3 Å². The first kappa shape index (κ1) is 18.0. The molecule has 2 amide bonds. The van der Waals surface area contributed by atoms with Gasteiger partial charge in [-0.25, -0.2) is 4.98 Å². The number of aromatic amines is 1. The fourth-order valence-electron chi connectivity index (χ4n) is 3.56. The number of imidazole rings is 1. The van der Waals surface area contributed by atoms with Crippen molar-refractivity contribution in [2.24, 2.45) is 0 Å². The molecule has 1 aliphatic heterocycles. The van der Waals surface area contributed by atoms with E-state index in [2.05, 4.69) is 9.97 Å². The number of hydrogen-bond acceptors (Lipinski definition) is 3. The van der Waals surface area contributed by atoms with E-state index in [1.54, 1.807) is 22.2 Å². The largest absolute Gasteiger partial charge is 0.341 e. The Balaban J connectivity index is 1.63. The summed E-state index contributed by atoms with van der Waals surface area (Å²) in [6.07, 6.45) is 3.83. The van der Waals surface area contributed by atoms with Crippen LogP contribution >= 0.6 is 0 Å². The molecule has 0 radical (unpaired) electrons. The normalized spacial score (nSPS) is 17.0. The van der Waals surface area contributed by atoms with E-state index >= 15 is 0 Å². The van der Waals surface area contributed by atoms with Gasteiger partial charge in [0.1, 0.15) is 6.54 Å². The molecular formula is C22H22N4O2. The number of aromatic nitrogens is 2. The van der Waals surface area contributed by atoms with Crippen LogP contribution in [-0.2, 0) is 11.2 Å². The number of anilines is 1. The number of nitrogens with one attached hydrogen (secondary N) is 1. The van der Waals surface area contributed by atoms with Crippen molar-refractivity contribution in [3.05, 3.63) is 83.9 Å². The minimum atomic E-state index is -0.247. The van der Waals surface area contributed by atoms with Crippen LogP contribution in [0, 0.1) is 6.92 Å². The molecule has 1 aromatic heterocycles. The Hall–Kier alpha value is -3.41. The van der Waals surface area contributed by atoms with Gasteiger partial charge in [-0.1, -0.05) is 48.0 Å². The second kappa shape index (κ2) is 7.68. The van der Waals surface area contributed by atoms with Crippen LogP contribution in [0.3, 0.4) is 0 Å². The lowest BCUT2D eigenvalue weighted by Crippen LogP contribution is -2.59. The van der Waals surface area contributed by atoms with Gasteiger partial charge in [0.05, 0.1) is 6.04 Å². The highest BCUT2D eigenvalue weighted by Gasteiger charge is 2.36. The quantitative estimate of drug-likeness (QED) is 0.763. The third-order valence-corrected chi connectivity index (χ3v) is 5.06. The fourth-order valence-corrected chi connectivity index (χ4v) is 3.56. The van der Waals surface area contributed by atoms with E-state index in [1.165, 1.54) is 0 Å². The molecule has 2 aromatic carbocycles. The summed E-state index contributed by atoms with van der Waals surface area (Å²) in [6, 6.07) is 17.8. The molecule has 6 nitrogen and oxygen atoms in total. The molecule has 0 unspecified atom stereocenters. The van der Waals surface area contributed by atoms with E-state index in [0.29, 0.717) is 13.0 Å². The molecule has 0 spiro atoms. The van der Waals surface area contributed by atoms with Gasteiger partial charge < -0.3 is 14.8 Å². The summed E-state index contributed by atoms with van der Waals surface area (Å²) in [5.74, 6) is -0.0782. The van der Waals surface area contributed by atoms with Crippen LogP contribution in [-0.4, -0.2) is 45.8 Å². The maximum atomic E-state index is 13.0. The van der Waals surface area contributed by atoms with E-state index in [1.807, 2.05) is 61.5 Å². The molecule has 6 heteroatoms. The van der Waals surface area contributed by atoms with Gasteiger partial charge in [-0.05, 0) is 31.0 Å². The highest BCUT2D eigenvalue weighted by molar-refractivity contribution is 6.00. The molecule has 0 aliphatic carbocycles. The number of rotatable bonds is 4. The molecule has 142 valence electrons. The number of H-pyrrole nitrogens is 1. The van der Waals surface area contributed by atoms with Crippen molar-refractivity contribution >= 4 is 17.5 Å². The number of carbonyl (C=O) groups excluding carboxylic acids is 2. The van der Waals surface area contributed by atoms with Crippen molar-refractivity contribution in [2.75, 3.05) is 18.0 Å². The zero-order valence-electron chi connectivity index (χ0n) is 15.7. The average Bonchev–Trinajstić information content (AvgIpc) is 3.25. The van der Waals surface area contributed by atoms with Gasteiger partial charge in [-0.2, -0.15) is 0 Å². The second-order valence-electron chi connectivity index (χ2n) is 7.05. The SMILES string of the molecule is Cc1ccc(N2C[C@@H](Cc3ccccc3)N(C(=O)c3ncc[nH]3)CC2=O)cc1. The number of benzene rings is 2. The summed E-state index contributed by atoms with van der Waals surface area (Å²) in [4.78, 5) is 36.2. The van der Waals surface area contributed by atoms with Crippen molar-refractivity contribution in [3.63, 3.8) is 0 Å². The summed E-state index contributed by atoms with van der Waals surface area (Å²) in [6.45, 7) is 2.50. The maximum Gasteiger partial charge on any atom is 0.290 e. The summed E-state index contributed by atoms with van der Waals surface area (Å²) in [5.41, 5.74) is 3.13. The minimum absolute atomic E-state index is 0.0326. The Morgan fingerprint density at radius 3 is 2.57 bits per heavy atom. The summed E-state index contributed by atoms with van der Waals surface area (Å²) in [7, 11) is 0. The van der Waals surface area contributed by atoms with Gasteiger partial charge >= 0.3 is 0 Å². The Morgan fingerprint density at radius 1 is 1.14 bits per heavy atom. The van der Waals surface area contributed by atoms with E-state index < -0.39 is 0 Å². The molecular weight excluding hydrogens is 352 g/mol. The third kappa shape index (κ3) is 3.67. The van der Waals surface area contributed by atoms with Crippen LogP contribution in [0.15, 0.2) is 67.0 Å². The van der Waals surface area contributed by atoms with Crippen molar-refractivity contribution in [1.29, 1.82) is 0 Å². The number of aryl methyl sites for hydroxylation is 1. The lowest BCUT2D eigenvalue weighted by atomic mass is 10.0. The average molecular weight is 374 g/mol. The van der Waals surface area contributed by atoms with Crippen LogP contribution in [0.4, 0.5) is 5.69 Å². The zero-order chi connectivity index (χ0) is 19.5. The molecule has 4 rings (SSSR count). The molecule has 1 fully saturated rings. The van der Waals surface area contributed by atoms with E-state index in [4.69, 9.17) is 0 Å². The Labute approximate surface area is 163 Å². The predicted molar refractivity (Wildman–Crippen MR) is 107 cm³/mol. The van der Waals surface area contributed by atoms with Gasteiger partial charge in [0.15, 0.2) is 5.82 Å². The van der Waals surface area contributed by atoms with Crippen molar-refractivity contribution in [3.8, 4) is 0 Å². The number of piperazine rings is 1. The first-order valence-corrected chi connectivity index (χ1v) is 9.33. The molecule has 2 heterocycles. The van der Waals surface area contributed by atoms with E-state index in [-0.39, 0.29) is 30.2 Å². The highest BCUT2D eigenvalue weighted by Crippen LogP contribution is 2.23. The predicted octanol–water partition coefficient (Wildman–Crippen LogP) is 2.82. The first-order valence-electron chi connectivity index (χ1n) is 9.33. The van der Waals surface area contributed by atoms with E-state index in [0.717, 1.165) is 16.8 Å². The highest BCUT2D eigenvalue weighted by atomic mass is 16.2. The van der Waals surface area contributed by atoms with E-state index in [9.17, 15) is 9.59 Å². The summed E-state index contributed by atoms with van der Waals surface area (Å²) < 4.78 is 0. The van der Waals surface area contributed by atoms with Crippen molar-refractivity contribution < 1.29 is 9.59 Å². The maximum absolute atomic E-state index is 13.0. The number of carbonyl (C=O) groups is 2. The minimum Gasteiger partial charge on any atom is -0.341 e. The second-order valence-corrected chi connectivity index (χ2v) is 7.05. The summed E-state index contributed by atoms with van der Waals surface area (Å²) >= 11 is 0. The molecule has 1 saturated heterocycles. The number of nitrogens with zero attached hydrogens (tertiary/aromatic N) is 3. The van der Waals surface area contributed by atoms with Gasteiger partial charge in [-0.15, -0.1) is 0 Å². The van der Waals surface area contributed by atoms with Crippen LogP contribution < -0.4 is 4.90 Å². The van der Waals surface area contributed by atoms with Crippen LogP contribution in [0.1, 0.15) is 21.7 Å². The lowest BCUT2D eigenvalue weighted by molar-refractivity contribution is -0.121. The lowest BCUT2D eigenvalue weighted by Gasteiger charge is -2.40. The van der Waals surface area contributed by atoms with Gasteiger partial charge in [0, 0.05) is 24.6 Å². The smallest absolute Gasteiger partial charge is 0.290 e. The Bertz CT molecular complexity index is 952. The van der Waals surface area contributed by atoms with Crippen LogP contribution in [0.25, 0.3) is 0 Å². The standard InChI is InChI=1S/C22H22N4O2/c1-16-7-9-18(10-8-16)25-14-19(13-17-5-3-2-4-6-17)26(15-20(25)27)22(28)21-23-11-12-24-21/h2-12,19H,13-15H2,1H3,(H,23,24)/t19-/m1/s1. The summed E-state index contributed by atoms with van der Waals surface area (Å²) in [5, 5.41) is 0. The molecule has 0 saturated carbocycles. The van der Waals surface area contributed by atoms with Gasteiger partial charge in [0.25, 0.3) is 5.91 Å². The first-order chi connectivity index (χ1) is 13.6. The molecule has 1 N–H and O–H groups in total. The molecule has 28 heavy (non-hydrogen) atoms. The van der Waals surface area contributed by atoms with Crippen molar-refractivity contribution in [1.82, 2.24) is 14.9 Å². The van der Waals surface area contributed by atoms with Gasteiger partial charge in [0.2, 0.25) is 5.91 Å². The number of hydrogen-bond donors (Lipinski definition) is 1. The van der Waals surface area contributed by atoms with Crippen molar-refractivity contribution in [2.45, 2.75) is 19.4 Å². The third-order valence-electron chi connectivity index (χ3n) is 5.06. The number of amides is 2.